The van der Waals surface area contributed by atoms with Crippen LogP contribution < -0.4 is 20.7 Å². The third-order valence-corrected chi connectivity index (χ3v) is 7.40. The van der Waals surface area contributed by atoms with E-state index in [2.05, 4.69) is 32.0 Å². The van der Waals surface area contributed by atoms with Gasteiger partial charge in [-0.15, -0.1) is 11.3 Å². The van der Waals surface area contributed by atoms with Crippen LogP contribution in [0.3, 0.4) is 0 Å². The molecule has 0 bridgehead atoms. The fourth-order valence-corrected chi connectivity index (χ4v) is 5.46. The van der Waals surface area contributed by atoms with Crippen LogP contribution in [0.2, 0.25) is 0 Å². The number of rotatable bonds is 7. The highest BCUT2D eigenvalue weighted by Gasteiger charge is 2.25. The number of aliphatic imine (C=N–C) groups is 1. The number of hydrogen-bond acceptors (Lipinski definition) is 7. The highest BCUT2D eigenvalue weighted by molar-refractivity contribution is 7.12. The first-order valence-corrected chi connectivity index (χ1v) is 13.5. The van der Waals surface area contributed by atoms with E-state index in [0.29, 0.717) is 23.6 Å². The normalized spacial score (nSPS) is 17.4. The Morgan fingerprint density at radius 1 is 1.11 bits per heavy atom. The minimum Gasteiger partial charge on any atom is -0.425 e. The summed E-state index contributed by atoms with van der Waals surface area (Å²) in [4.78, 5) is 23.0. The monoisotopic (exact) mass is 524 g/mol. The quantitative estimate of drug-likeness (QED) is 0.128. The minimum atomic E-state index is -0.0902. The number of amidine groups is 1. The predicted octanol–water partition coefficient (Wildman–Crippen LogP) is 5.46. The van der Waals surface area contributed by atoms with Crippen LogP contribution in [0.4, 0.5) is 5.69 Å². The second-order valence-electron chi connectivity index (χ2n) is 9.08. The highest BCUT2D eigenvalue weighted by Crippen LogP contribution is 2.27. The topological polar surface area (TPSA) is 111 Å². The lowest BCUT2D eigenvalue weighted by Gasteiger charge is -2.27. The number of hydrogen-bond donors (Lipinski definition) is 3. The van der Waals surface area contributed by atoms with Crippen LogP contribution in [-0.2, 0) is 6.54 Å². The first-order chi connectivity index (χ1) is 18.7. The van der Waals surface area contributed by atoms with Gasteiger partial charge in [-0.3, -0.25) is 9.78 Å². The fourth-order valence-electron chi connectivity index (χ4n) is 4.69. The Morgan fingerprint density at radius 2 is 1.95 bits per heavy atom. The number of carbonyl (C=O) groups is 1. The molecule has 0 aliphatic heterocycles. The van der Waals surface area contributed by atoms with Gasteiger partial charge in [0.15, 0.2) is 6.19 Å². The summed E-state index contributed by atoms with van der Waals surface area (Å²) in [6, 6.07) is 21.3. The number of carbonyl (C=O) groups excluding carboxylic acids is 1. The number of ether oxygens (including phenoxy) is 1. The van der Waals surface area contributed by atoms with Crippen LogP contribution in [0, 0.1) is 11.5 Å². The number of para-hydroxylation sites is 2. The van der Waals surface area contributed by atoms with Crippen molar-refractivity contribution in [2.45, 2.75) is 44.3 Å². The van der Waals surface area contributed by atoms with Crippen molar-refractivity contribution in [1.82, 2.24) is 15.6 Å². The van der Waals surface area contributed by atoms with Crippen molar-refractivity contribution in [2.24, 2.45) is 4.99 Å². The Labute approximate surface area is 225 Å². The average Bonchev–Trinajstić information content (AvgIpc) is 3.42. The number of thiophene rings is 1. The zero-order valence-electron chi connectivity index (χ0n) is 20.8. The van der Waals surface area contributed by atoms with Crippen LogP contribution in [-0.4, -0.2) is 29.0 Å². The van der Waals surface area contributed by atoms with Gasteiger partial charge in [-0.2, -0.15) is 5.26 Å². The van der Waals surface area contributed by atoms with E-state index in [4.69, 9.17) is 10.00 Å². The fraction of sp³-hybridized carbons (Fsp3) is 0.241. The van der Waals surface area contributed by atoms with Gasteiger partial charge >= 0.3 is 6.02 Å². The Balaban J connectivity index is 1.21. The molecule has 3 N–H and O–H groups in total. The lowest BCUT2D eigenvalue weighted by Crippen LogP contribution is -2.40. The number of benzene rings is 2. The van der Waals surface area contributed by atoms with Crippen molar-refractivity contribution >= 4 is 39.9 Å². The molecule has 1 amide bonds. The molecule has 1 aliphatic rings. The van der Waals surface area contributed by atoms with E-state index in [-0.39, 0.29) is 24.0 Å². The summed E-state index contributed by atoms with van der Waals surface area (Å²) >= 11 is 1.42. The van der Waals surface area contributed by atoms with E-state index < -0.39 is 0 Å². The summed E-state index contributed by atoms with van der Waals surface area (Å²) in [5.74, 6) is 0.514. The van der Waals surface area contributed by atoms with Crippen LogP contribution in [0.1, 0.15) is 40.9 Å². The van der Waals surface area contributed by atoms with E-state index >= 15 is 0 Å². The molecule has 2 aromatic heterocycles. The third kappa shape index (κ3) is 6.28. The molecule has 4 aromatic rings. The Kier molecular flexibility index (Phi) is 8.11. The number of nitrogens with one attached hydrogen (secondary N) is 3. The van der Waals surface area contributed by atoms with Crippen LogP contribution in [0.5, 0.6) is 5.75 Å². The Hall–Kier alpha value is -4.42. The molecule has 38 heavy (non-hydrogen) atoms. The van der Waals surface area contributed by atoms with Crippen molar-refractivity contribution in [3.63, 3.8) is 0 Å². The van der Waals surface area contributed by atoms with Crippen molar-refractivity contribution in [3.8, 4) is 11.9 Å². The number of pyridine rings is 1. The van der Waals surface area contributed by atoms with Gasteiger partial charge < -0.3 is 15.4 Å². The van der Waals surface area contributed by atoms with Crippen LogP contribution in [0.25, 0.3) is 10.9 Å². The number of nitriles is 1. The lowest BCUT2D eigenvalue weighted by atomic mass is 9.91. The third-order valence-electron chi connectivity index (χ3n) is 6.48. The number of amides is 1. The second kappa shape index (κ2) is 12.2. The van der Waals surface area contributed by atoms with E-state index in [0.717, 1.165) is 41.4 Å². The molecule has 8 nitrogen and oxygen atoms in total. The highest BCUT2D eigenvalue weighted by atomic mass is 32.1. The van der Waals surface area contributed by atoms with E-state index in [1.165, 1.54) is 11.3 Å². The van der Waals surface area contributed by atoms with E-state index in [1.54, 1.807) is 0 Å². The summed E-state index contributed by atoms with van der Waals surface area (Å²) in [6.07, 6.45) is 7.06. The molecule has 1 aliphatic carbocycles. The van der Waals surface area contributed by atoms with E-state index in [9.17, 15) is 4.79 Å². The first-order valence-electron chi connectivity index (χ1n) is 12.6. The molecule has 0 radical (unpaired) electrons. The van der Waals surface area contributed by atoms with Crippen LogP contribution >= 0.6 is 11.3 Å². The van der Waals surface area contributed by atoms with Gasteiger partial charge in [0.1, 0.15) is 10.6 Å². The largest absolute Gasteiger partial charge is 0.425 e. The summed E-state index contributed by atoms with van der Waals surface area (Å²) in [5, 5.41) is 21.3. The molecule has 0 saturated heterocycles. The van der Waals surface area contributed by atoms with Gasteiger partial charge in [-0.1, -0.05) is 36.4 Å². The standard InChI is InChI=1S/C29H28N6O2S/c30-19-33-29(37-23-9-2-1-3-10-23)35-22-8-6-7-21(17-22)34-28(36)27-26(14-16-38-27)32-18-20-13-15-31-25-12-5-4-11-24(20)25/h1-5,9-16,21-22,32H,6-8,17-18H2,(H,33,35)(H,34,36). The number of anilines is 1. The van der Waals surface area contributed by atoms with Gasteiger partial charge in [0.05, 0.1) is 17.2 Å². The minimum absolute atomic E-state index is 0.0100. The summed E-state index contributed by atoms with van der Waals surface area (Å²) in [5.41, 5.74) is 2.89. The van der Waals surface area contributed by atoms with Crippen molar-refractivity contribution in [2.75, 3.05) is 5.32 Å². The van der Waals surface area contributed by atoms with Gasteiger partial charge in [0.2, 0.25) is 0 Å². The summed E-state index contributed by atoms with van der Waals surface area (Å²) in [7, 11) is 0. The first kappa shape index (κ1) is 25.2. The van der Waals surface area contributed by atoms with Crippen molar-refractivity contribution < 1.29 is 9.53 Å². The molecule has 192 valence electrons. The SMILES string of the molecule is N#CNC(=NC1CCCC(NC(=O)c2sccc2NCc2ccnc3ccccc23)C1)Oc1ccccc1. The lowest BCUT2D eigenvalue weighted by molar-refractivity contribution is 0.0930. The van der Waals surface area contributed by atoms with Gasteiger partial charge in [0, 0.05) is 24.2 Å². The molecule has 2 heterocycles. The molecule has 2 atom stereocenters. The number of nitrogens with zero attached hydrogens (tertiary/aromatic N) is 3. The Morgan fingerprint density at radius 3 is 2.82 bits per heavy atom. The molecular formula is C29H28N6O2S. The van der Waals surface area contributed by atoms with Gasteiger partial charge in [-0.05, 0) is 67.0 Å². The number of aromatic nitrogens is 1. The summed E-state index contributed by atoms with van der Waals surface area (Å²) < 4.78 is 5.76. The zero-order chi connectivity index (χ0) is 26.2. The molecular weight excluding hydrogens is 496 g/mol. The summed E-state index contributed by atoms with van der Waals surface area (Å²) in [6.45, 7) is 0.594. The second-order valence-corrected chi connectivity index (χ2v) is 10.00. The Bertz CT molecular complexity index is 1460. The smallest absolute Gasteiger partial charge is 0.304 e. The van der Waals surface area contributed by atoms with E-state index in [1.807, 2.05) is 78.4 Å². The predicted molar refractivity (Wildman–Crippen MR) is 150 cm³/mol. The zero-order valence-corrected chi connectivity index (χ0v) is 21.6. The molecule has 1 fully saturated rings. The van der Waals surface area contributed by atoms with Crippen molar-refractivity contribution in [3.05, 3.63) is 88.7 Å². The maximum absolute atomic E-state index is 13.2. The molecule has 2 unspecified atom stereocenters. The number of fused-ring (bicyclic) bond motifs is 1. The molecule has 0 spiro atoms. The van der Waals surface area contributed by atoms with Gasteiger partial charge in [-0.25, -0.2) is 10.3 Å². The average molecular weight is 525 g/mol. The van der Waals surface area contributed by atoms with Gasteiger partial charge in [0.25, 0.3) is 5.91 Å². The maximum atomic E-state index is 13.2. The molecule has 9 heteroatoms. The van der Waals surface area contributed by atoms with Crippen LogP contribution in [0.15, 0.2) is 83.3 Å². The molecule has 5 rings (SSSR count). The molecule has 2 aromatic carbocycles. The van der Waals surface area contributed by atoms with Crippen molar-refractivity contribution in [1.29, 1.82) is 5.26 Å². The maximum Gasteiger partial charge on any atom is 0.304 e. The molecule has 1 saturated carbocycles.